The number of amides is 2. The van der Waals surface area contributed by atoms with E-state index < -0.39 is 5.91 Å². The fraction of sp³-hybridized carbons (Fsp3) is 0.115. The molecule has 1 aromatic heterocycles. The Morgan fingerprint density at radius 1 is 0.941 bits per heavy atom. The van der Waals surface area contributed by atoms with Gasteiger partial charge in [-0.15, -0.1) is 0 Å². The van der Waals surface area contributed by atoms with E-state index in [9.17, 15) is 14.0 Å². The van der Waals surface area contributed by atoms with E-state index in [0.717, 1.165) is 16.5 Å². The van der Waals surface area contributed by atoms with Crippen molar-refractivity contribution in [1.29, 1.82) is 0 Å². The van der Waals surface area contributed by atoms with Crippen molar-refractivity contribution in [3.05, 3.63) is 95.9 Å². The normalized spacial score (nSPS) is 11.3. The SMILES string of the molecule is CC(=O)Nc1cccc(C(=O)NC(=NCCc2c[nH]c3ccccc23)Nc2ccc(F)cc2)c1. The van der Waals surface area contributed by atoms with Crippen LogP contribution in [0.2, 0.25) is 0 Å². The summed E-state index contributed by atoms with van der Waals surface area (Å²) in [6.07, 6.45) is 2.62. The minimum atomic E-state index is -0.396. The first-order valence-electron chi connectivity index (χ1n) is 10.8. The van der Waals surface area contributed by atoms with E-state index in [4.69, 9.17) is 0 Å². The Kier molecular flexibility index (Phi) is 6.98. The Hall–Kier alpha value is -4.46. The van der Waals surface area contributed by atoms with Crippen molar-refractivity contribution >= 4 is 40.1 Å². The average molecular weight is 458 g/mol. The van der Waals surface area contributed by atoms with E-state index in [1.807, 2.05) is 30.5 Å². The Morgan fingerprint density at radius 3 is 2.53 bits per heavy atom. The number of hydrogen-bond acceptors (Lipinski definition) is 3. The molecule has 8 heteroatoms. The second-order valence-electron chi connectivity index (χ2n) is 7.69. The lowest BCUT2D eigenvalue weighted by Crippen LogP contribution is -2.36. The number of aromatic nitrogens is 1. The van der Waals surface area contributed by atoms with Crippen LogP contribution in [-0.4, -0.2) is 29.3 Å². The molecule has 0 bridgehead atoms. The molecule has 4 N–H and O–H groups in total. The van der Waals surface area contributed by atoms with Gasteiger partial charge in [0.2, 0.25) is 11.9 Å². The number of para-hydroxylation sites is 1. The first-order chi connectivity index (χ1) is 16.5. The predicted octanol–water partition coefficient (Wildman–Crippen LogP) is 4.71. The third-order valence-corrected chi connectivity index (χ3v) is 5.11. The molecule has 7 nitrogen and oxygen atoms in total. The summed E-state index contributed by atoms with van der Waals surface area (Å²) in [5.74, 6) is -0.744. The van der Waals surface area contributed by atoms with Crippen LogP contribution in [0.15, 0.2) is 84.0 Å². The van der Waals surface area contributed by atoms with Crippen molar-refractivity contribution in [1.82, 2.24) is 10.3 Å². The lowest BCUT2D eigenvalue weighted by molar-refractivity contribution is -0.114. The van der Waals surface area contributed by atoms with E-state index in [-0.39, 0.29) is 17.7 Å². The fourth-order valence-electron chi connectivity index (χ4n) is 3.53. The average Bonchev–Trinajstić information content (AvgIpc) is 3.23. The number of aliphatic imine (C=N–C) groups is 1. The van der Waals surface area contributed by atoms with Gasteiger partial charge >= 0.3 is 0 Å². The highest BCUT2D eigenvalue weighted by Gasteiger charge is 2.11. The number of guanidine groups is 1. The number of halogens is 1. The standard InChI is InChI=1S/C26H24FN5O2/c1-17(33)30-22-6-4-5-18(15-22)25(34)32-26(31-21-11-9-20(27)10-12-21)28-14-13-19-16-29-24-8-3-2-7-23(19)24/h2-12,15-16,29H,13-14H2,1H3,(H,30,33)(H2,28,31,32,34). The summed E-state index contributed by atoms with van der Waals surface area (Å²) in [6, 6.07) is 20.4. The van der Waals surface area contributed by atoms with Crippen LogP contribution in [0, 0.1) is 5.82 Å². The van der Waals surface area contributed by atoms with Gasteiger partial charge in [-0.25, -0.2) is 4.39 Å². The van der Waals surface area contributed by atoms with Crippen LogP contribution in [0.3, 0.4) is 0 Å². The molecule has 0 saturated heterocycles. The first-order valence-corrected chi connectivity index (χ1v) is 10.8. The number of rotatable bonds is 6. The van der Waals surface area contributed by atoms with Crippen molar-refractivity contribution in [2.24, 2.45) is 4.99 Å². The number of carbonyl (C=O) groups excluding carboxylic acids is 2. The van der Waals surface area contributed by atoms with Crippen molar-refractivity contribution in [3.8, 4) is 0 Å². The number of aromatic amines is 1. The van der Waals surface area contributed by atoms with Crippen LogP contribution < -0.4 is 16.0 Å². The van der Waals surface area contributed by atoms with E-state index in [0.29, 0.717) is 29.9 Å². The van der Waals surface area contributed by atoms with Gasteiger partial charge in [0.25, 0.3) is 5.91 Å². The van der Waals surface area contributed by atoms with Crippen LogP contribution in [0.5, 0.6) is 0 Å². The topological polar surface area (TPSA) is 98.4 Å². The molecule has 34 heavy (non-hydrogen) atoms. The fourth-order valence-corrected chi connectivity index (χ4v) is 3.53. The van der Waals surface area contributed by atoms with Crippen LogP contribution >= 0.6 is 0 Å². The van der Waals surface area contributed by atoms with Crippen LogP contribution in [0.1, 0.15) is 22.8 Å². The van der Waals surface area contributed by atoms with Gasteiger partial charge in [0, 0.05) is 47.5 Å². The molecule has 1 heterocycles. The van der Waals surface area contributed by atoms with Gasteiger partial charge in [0.15, 0.2) is 0 Å². The van der Waals surface area contributed by atoms with Crippen molar-refractivity contribution in [2.45, 2.75) is 13.3 Å². The number of nitrogens with one attached hydrogen (secondary N) is 4. The summed E-state index contributed by atoms with van der Waals surface area (Å²) in [4.78, 5) is 32.0. The number of hydrogen-bond donors (Lipinski definition) is 4. The van der Waals surface area contributed by atoms with Gasteiger partial charge in [-0.05, 0) is 60.5 Å². The Morgan fingerprint density at radius 2 is 1.74 bits per heavy atom. The van der Waals surface area contributed by atoms with E-state index >= 15 is 0 Å². The largest absolute Gasteiger partial charge is 0.361 e. The van der Waals surface area contributed by atoms with E-state index in [1.54, 1.807) is 36.4 Å². The quantitative estimate of drug-likeness (QED) is 0.249. The second-order valence-corrected chi connectivity index (χ2v) is 7.69. The number of H-pyrrole nitrogens is 1. The number of fused-ring (bicyclic) bond motifs is 1. The molecule has 0 aliphatic carbocycles. The van der Waals surface area contributed by atoms with E-state index in [2.05, 4.69) is 25.9 Å². The van der Waals surface area contributed by atoms with Gasteiger partial charge in [0.1, 0.15) is 5.82 Å². The number of nitrogens with zero attached hydrogens (tertiary/aromatic N) is 1. The van der Waals surface area contributed by atoms with E-state index in [1.165, 1.54) is 19.1 Å². The molecule has 4 rings (SSSR count). The van der Waals surface area contributed by atoms with Gasteiger partial charge in [-0.3, -0.25) is 19.9 Å². The highest BCUT2D eigenvalue weighted by atomic mass is 19.1. The molecule has 4 aromatic rings. The molecule has 0 spiro atoms. The third kappa shape index (κ3) is 5.86. The lowest BCUT2D eigenvalue weighted by Gasteiger charge is -2.12. The third-order valence-electron chi connectivity index (χ3n) is 5.11. The van der Waals surface area contributed by atoms with Gasteiger partial charge < -0.3 is 15.6 Å². The smallest absolute Gasteiger partial charge is 0.258 e. The summed E-state index contributed by atoms with van der Waals surface area (Å²) >= 11 is 0. The van der Waals surface area contributed by atoms with Gasteiger partial charge in [-0.1, -0.05) is 24.3 Å². The molecule has 0 fully saturated rings. The molecule has 0 saturated carbocycles. The maximum Gasteiger partial charge on any atom is 0.258 e. The van der Waals surface area contributed by atoms with Crippen LogP contribution in [0.25, 0.3) is 10.9 Å². The molecule has 0 radical (unpaired) electrons. The lowest BCUT2D eigenvalue weighted by atomic mass is 10.1. The molecule has 3 aromatic carbocycles. The van der Waals surface area contributed by atoms with Gasteiger partial charge in [-0.2, -0.15) is 0 Å². The minimum Gasteiger partial charge on any atom is -0.361 e. The highest BCUT2D eigenvalue weighted by Crippen LogP contribution is 2.18. The van der Waals surface area contributed by atoms with Crippen molar-refractivity contribution in [3.63, 3.8) is 0 Å². The predicted molar refractivity (Wildman–Crippen MR) is 133 cm³/mol. The molecule has 172 valence electrons. The Bertz CT molecular complexity index is 1340. The molecular weight excluding hydrogens is 433 g/mol. The second kappa shape index (κ2) is 10.4. The maximum absolute atomic E-state index is 13.3. The molecular formula is C26H24FN5O2. The molecule has 2 amide bonds. The summed E-state index contributed by atoms with van der Waals surface area (Å²) in [6.45, 7) is 1.81. The maximum atomic E-state index is 13.3. The van der Waals surface area contributed by atoms with Crippen molar-refractivity contribution in [2.75, 3.05) is 17.2 Å². The molecule has 0 unspecified atom stereocenters. The Labute approximate surface area is 196 Å². The summed E-state index contributed by atoms with van der Waals surface area (Å²) in [5, 5.41) is 9.61. The van der Waals surface area contributed by atoms with Crippen LogP contribution in [0.4, 0.5) is 15.8 Å². The highest BCUT2D eigenvalue weighted by molar-refractivity contribution is 6.10. The zero-order valence-corrected chi connectivity index (χ0v) is 18.6. The number of benzene rings is 3. The Balaban J connectivity index is 1.51. The summed E-state index contributed by atoms with van der Waals surface area (Å²) < 4.78 is 13.3. The van der Waals surface area contributed by atoms with Gasteiger partial charge in [0.05, 0.1) is 0 Å². The monoisotopic (exact) mass is 457 g/mol. The first kappa shape index (κ1) is 22.7. The van der Waals surface area contributed by atoms with Crippen LogP contribution in [-0.2, 0) is 11.2 Å². The zero-order chi connectivity index (χ0) is 23.9. The summed E-state index contributed by atoms with van der Waals surface area (Å²) in [7, 11) is 0. The molecule has 0 atom stereocenters. The molecule has 0 aliphatic heterocycles. The summed E-state index contributed by atoms with van der Waals surface area (Å²) in [5.41, 5.74) is 3.63. The van der Waals surface area contributed by atoms with Crippen molar-refractivity contribution < 1.29 is 14.0 Å². The number of anilines is 2. The minimum absolute atomic E-state index is 0.227. The molecule has 0 aliphatic rings. The number of carbonyl (C=O) groups is 2. The zero-order valence-electron chi connectivity index (χ0n) is 18.6.